The third kappa shape index (κ3) is 10.6. The number of carboxylic acids is 1. The molecule has 1 heterocycles. The van der Waals surface area contributed by atoms with Crippen molar-refractivity contribution in [3.8, 4) is 0 Å². The minimum Gasteiger partial charge on any atom is -0.480 e. The van der Waals surface area contributed by atoms with Crippen molar-refractivity contribution < 1.29 is 9.90 Å². The van der Waals surface area contributed by atoms with Gasteiger partial charge in [0.1, 0.15) is 5.25 Å². The van der Waals surface area contributed by atoms with Gasteiger partial charge in [0.15, 0.2) is 5.16 Å². The lowest BCUT2D eigenvalue weighted by atomic mass is 10.0. The van der Waals surface area contributed by atoms with Gasteiger partial charge in [-0.05, 0) is 6.42 Å². The highest BCUT2D eigenvalue weighted by atomic mass is 32.2. The van der Waals surface area contributed by atoms with E-state index >= 15 is 0 Å². The summed E-state index contributed by atoms with van der Waals surface area (Å²) in [7, 11) is 1.90. The number of aliphatic carboxylic acids is 1. The van der Waals surface area contributed by atoms with E-state index < -0.39 is 5.97 Å². The van der Waals surface area contributed by atoms with Crippen LogP contribution in [0.1, 0.15) is 90.4 Å². The second-order valence-electron chi connectivity index (χ2n) is 6.94. The van der Waals surface area contributed by atoms with Crippen molar-refractivity contribution in [2.24, 2.45) is 7.05 Å². The van der Waals surface area contributed by atoms with Crippen molar-refractivity contribution in [3.05, 3.63) is 12.4 Å². The van der Waals surface area contributed by atoms with Gasteiger partial charge in [-0.15, -0.1) is 0 Å². The number of imidazole rings is 1. The fourth-order valence-corrected chi connectivity index (χ4v) is 3.98. The lowest BCUT2D eigenvalue weighted by Crippen LogP contribution is -2.17. The zero-order chi connectivity index (χ0) is 18.3. The van der Waals surface area contributed by atoms with Gasteiger partial charge in [-0.25, -0.2) is 4.98 Å². The van der Waals surface area contributed by atoms with Crippen molar-refractivity contribution in [2.75, 3.05) is 0 Å². The number of rotatable bonds is 16. The standard InChI is InChI=1S/C20H36N2O2S/c1-3-4-5-6-7-8-9-10-11-12-13-14-15-18(19(23)24)25-20-21-16-17-22(20)2/h16-18H,3-15H2,1-2H3,(H,23,24). The number of carboxylic acid groups (broad SMARTS) is 1. The number of aryl methyl sites for hydroxylation is 1. The summed E-state index contributed by atoms with van der Waals surface area (Å²) < 4.78 is 1.88. The number of carbonyl (C=O) groups is 1. The molecule has 0 amide bonds. The highest BCUT2D eigenvalue weighted by Gasteiger charge is 2.20. The molecule has 0 bridgehead atoms. The SMILES string of the molecule is CCCCCCCCCCCCCCC(Sc1nccn1C)C(=O)O. The van der Waals surface area contributed by atoms with Crippen molar-refractivity contribution in [2.45, 2.75) is 101 Å². The summed E-state index contributed by atoms with van der Waals surface area (Å²) in [4.78, 5) is 15.6. The van der Waals surface area contributed by atoms with Crippen LogP contribution in [0.15, 0.2) is 17.6 Å². The van der Waals surface area contributed by atoms with Crippen LogP contribution in [-0.4, -0.2) is 25.9 Å². The van der Waals surface area contributed by atoms with Crippen molar-refractivity contribution in [3.63, 3.8) is 0 Å². The molecule has 0 radical (unpaired) electrons. The molecular weight excluding hydrogens is 332 g/mol. The minimum absolute atomic E-state index is 0.385. The van der Waals surface area contributed by atoms with E-state index in [-0.39, 0.29) is 5.25 Å². The van der Waals surface area contributed by atoms with Gasteiger partial charge in [-0.2, -0.15) is 0 Å². The fourth-order valence-electron chi connectivity index (χ4n) is 3.00. The van der Waals surface area contributed by atoms with E-state index in [0.717, 1.165) is 24.4 Å². The molecule has 5 heteroatoms. The van der Waals surface area contributed by atoms with Crippen LogP contribution in [0.25, 0.3) is 0 Å². The fraction of sp³-hybridized carbons (Fsp3) is 0.800. The molecular formula is C20H36N2O2S. The van der Waals surface area contributed by atoms with Crippen molar-refractivity contribution in [1.29, 1.82) is 0 Å². The topological polar surface area (TPSA) is 55.1 Å². The van der Waals surface area contributed by atoms with Crippen LogP contribution in [0.2, 0.25) is 0 Å². The van der Waals surface area contributed by atoms with Crippen molar-refractivity contribution in [1.82, 2.24) is 9.55 Å². The largest absolute Gasteiger partial charge is 0.480 e. The Morgan fingerprint density at radius 3 is 2.00 bits per heavy atom. The summed E-state index contributed by atoms with van der Waals surface area (Å²) in [6.45, 7) is 2.26. The number of unbranched alkanes of at least 4 members (excludes halogenated alkanes) is 11. The maximum absolute atomic E-state index is 11.4. The first-order valence-electron chi connectivity index (χ1n) is 10.0. The predicted octanol–water partition coefficient (Wildman–Crippen LogP) is 6.06. The highest BCUT2D eigenvalue weighted by Crippen LogP contribution is 2.25. The molecule has 0 saturated heterocycles. The highest BCUT2D eigenvalue weighted by molar-refractivity contribution is 8.00. The molecule has 4 nitrogen and oxygen atoms in total. The summed E-state index contributed by atoms with van der Waals surface area (Å²) in [6.07, 6.45) is 19.9. The molecule has 0 saturated carbocycles. The molecule has 0 aliphatic carbocycles. The van der Waals surface area contributed by atoms with Gasteiger partial charge >= 0.3 is 5.97 Å². The van der Waals surface area contributed by atoms with Gasteiger partial charge in [-0.1, -0.05) is 95.7 Å². The molecule has 1 aromatic rings. The first-order valence-corrected chi connectivity index (χ1v) is 10.9. The maximum Gasteiger partial charge on any atom is 0.317 e. The lowest BCUT2D eigenvalue weighted by Gasteiger charge is -2.11. The zero-order valence-electron chi connectivity index (χ0n) is 16.1. The first kappa shape index (κ1) is 22.1. The van der Waals surface area contributed by atoms with E-state index in [1.807, 2.05) is 17.8 Å². The van der Waals surface area contributed by atoms with Gasteiger partial charge < -0.3 is 9.67 Å². The number of thioether (sulfide) groups is 1. The summed E-state index contributed by atoms with van der Waals surface area (Å²) in [6, 6.07) is 0. The van der Waals surface area contributed by atoms with E-state index in [2.05, 4.69) is 11.9 Å². The molecule has 25 heavy (non-hydrogen) atoms. The Balaban J connectivity index is 2.00. The Hall–Kier alpha value is -0.970. The van der Waals surface area contributed by atoms with E-state index in [1.54, 1.807) is 6.20 Å². The van der Waals surface area contributed by atoms with Crippen LogP contribution < -0.4 is 0 Å². The maximum atomic E-state index is 11.4. The average molecular weight is 369 g/mol. The molecule has 0 aliphatic heterocycles. The number of nitrogens with zero attached hydrogens (tertiary/aromatic N) is 2. The van der Waals surface area contributed by atoms with Gasteiger partial charge in [0.2, 0.25) is 0 Å². The molecule has 1 rings (SSSR count). The van der Waals surface area contributed by atoms with Crippen LogP contribution in [0, 0.1) is 0 Å². The van der Waals surface area contributed by atoms with Gasteiger partial charge in [0, 0.05) is 19.4 Å². The Morgan fingerprint density at radius 2 is 1.56 bits per heavy atom. The molecule has 0 aliphatic rings. The quantitative estimate of drug-likeness (QED) is 0.285. The predicted molar refractivity (Wildman–Crippen MR) is 106 cm³/mol. The first-order chi connectivity index (χ1) is 12.1. The minimum atomic E-state index is -0.726. The van der Waals surface area contributed by atoms with Crippen LogP contribution in [0.5, 0.6) is 0 Å². The molecule has 1 aromatic heterocycles. The summed E-state index contributed by atoms with van der Waals surface area (Å²) in [5.41, 5.74) is 0. The van der Waals surface area contributed by atoms with Crippen LogP contribution in [0.3, 0.4) is 0 Å². The molecule has 1 atom stereocenters. The Bertz CT molecular complexity index is 462. The molecule has 144 valence electrons. The van der Waals surface area contributed by atoms with Crippen molar-refractivity contribution >= 4 is 17.7 Å². The van der Waals surface area contributed by atoms with Gasteiger partial charge in [0.05, 0.1) is 0 Å². The number of hydrogen-bond acceptors (Lipinski definition) is 3. The third-order valence-electron chi connectivity index (χ3n) is 4.62. The number of hydrogen-bond donors (Lipinski definition) is 1. The van der Waals surface area contributed by atoms with E-state index in [1.165, 1.54) is 76.0 Å². The summed E-state index contributed by atoms with van der Waals surface area (Å²) in [5.74, 6) is -0.726. The van der Waals surface area contributed by atoms with E-state index in [4.69, 9.17) is 0 Å². The normalized spacial score (nSPS) is 12.4. The third-order valence-corrected chi connectivity index (χ3v) is 5.95. The summed E-state index contributed by atoms with van der Waals surface area (Å²) >= 11 is 1.37. The molecule has 0 aromatic carbocycles. The van der Waals surface area contributed by atoms with Crippen LogP contribution in [-0.2, 0) is 11.8 Å². The number of aromatic nitrogens is 2. The molecule has 0 fully saturated rings. The molecule has 1 unspecified atom stereocenters. The Kier molecular flexibility index (Phi) is 12.6. The Morgan fingerprint density at radius 1 is 1.04 bits per heavy atom. The Labute approximate surface area is 157 Å². The van der Waals surface area contributed by atoms with Gasteiger partial charge in [-0.3, -0.25) is 4.79 Å². The second kappa shape index (κ2) is 14.2. The monoisotopic (exact) mass is 368 g/mol. The van der Waals surface area contributed by atoms with E-state index in [9.17, 15) is 9.90 Å². The smallest absolute Gasteiger partial charge is 0.317 e. The molecule has 1 N–H and O–H groups in total. The van der Waals surface area contributed by atoms with E-state index in [0.29, 0.717) is 0 Å². The van der Waals surface area contributed by atoms with Crippen LogP contribution >= 0.6 is 11.8 Å². The average Bonchev–Trinajstić information content (AvgIpc) is 2.99. The summed E-state index contributed by atoms with van der Waals surface area (Å²) in [5, 5.41) is 9.78. The molecule has 0 spiro atoms. The lowest BCUT2D eigenvalue weighted by molar-refractivity contribution is -0.136. The zero-order valence-corrected chi connectivity index (χ0v) is 16.9. The second-order valence-corrected chi connectivity index (χ2v) is 8.11. The van der Waals surface area contributed by atoms with Gasteiger partial charge in [0.25, 0.3) is 0 Å². The van der Waals surface area contributed by atoms with Crippen LogP contribution in [0.4, 0.5) is 0 Å².